The molecule has 0 spiro atoms. The Hall–Kier alpha value is -1.73. The van der Waals surface area contributed by atoms with E-state index in [4.69, 9.17) is 11.6 Å². The van der Waals surface area contributed by atoms with Crippen molar-refractivity contribution in [1.82, 2.24) is 10.6 Å². The van der Waals surface area contributed by atoms with Crippen LogP contribution in [-0.2, 0) is 14.4 Å². The zero-order valence-corrected chi connectivity index (χ0v) is 12.8. The van der Waals surface area contributed by atoms with Gasteiger partial charge in [0, 0.05) is 23.4 Å². The zero-order valence-electron chi connectivity index (χ0n) is 11.2. The van der Waals surface area contributed by atoms with E-state index in [2.05, 4.69) is 16.0 Å². The molecular weight excluding hydrogens is 314 g/mol. The van der Waals surface area contributed by atoms with Gasteiger partial charge in [-0.25, -0.2) is 0 Å². The van der Waals surface area contributed by atoms with Crippen LogP contribution in [0.1, 0.15) is 6.42 Å². The van der Waals surface area contributed by atoms with E-state index in [-0.39, 0.29) is 30.7 Å². The van der Waals surface area contributed by atoms with Crippen LogP contribution in [0.2, 0.25) is 5.02 Å². The first kappa shape index (κ1) is 15.7. The average Bonchev–Trinajstić information content (AvgIpc) is 2.45. The van der Waals surface area contributed by atoms with Gasteiger partial charge >= 0.3 is 0 Å². The molecule has 0 bridgehead atoms. The van der Waals surface area contributed by atoms with Crippen molar-refractivity contribution >= 4 is 46.8 Å². The van der Waals surface area contributed by atoms with Crippen LogP contribution in [0.15, 0.2) is 23.1 Å². The van der Waals surface area contributed by atoms with Gasteiger partial charge in [-0.05, 0) is 18.2 Å². The molecular formula is C13H14ClN3O3S. The molecule has 6 nitrogen and oxygen atoms in total. The van der Waals surface area contributed by atoms with Gasteiger partial charge in [-0.2, -0.15) is 0 Å². The highest BCUT2D eigenvalue weighted by Gasteiger charge is 2.29. The number of amides is 3. The van der Waals surface area contributed by atoms with Crippen LogP contribution in [0.4, 0.5) is 5.69 Å². The molecule has 1 aliphatic rings. The van der Waals surface area contributed by atoms with Crippen molar-refractivity contribution in [3.8, 4) is 0 Å². The third-order valence-corrected chi connectivity index (χ3v) is 4.37. The van der Waals surface area contributed by atoms with Gasteiger partial charge in [-0.1, -0.05) is 11.6 Å². The van der Waals surface area contributed by atoms with Crippen molar-refractivity contribution in [2.45, 2.75) is 16.6 Å². The van der Waals surface area contributed by atoms with Gasteiger partial charge in [-0.3, -0.25) is 14.4 Å². The molecule has 0 unspecified atom stereocenters. The standard InChI is InChI=1S/C13H14ClN3O3S/c1-15-12(19)6-16-11(18)5-10-13(20)17-8-4-7(14)2-3-9(8)21-10/h2-4,10H,5-6H2,1H3,(H,15,19)(H,16,18)(H,17,20)/t10-/m0/s1. The normalized spacial score (nSPS) is 16.7. The fourth-order valence-electron chi connectivity index (χ4n) is 1.76. The molecule has 8 heteroatoms. The van der Waals surface area contributed by atoms with Gasteiger partial charge in [0.15, 0.2) is 0 Å². The van der Waals surface area contributed by atoms with E-state index < -0.39 is 5.25 Å². The minimum absolute atomic E-state index is 0.00948. The van der Waals surface area contributed by atoms with E-state index in [9.17, 15) is 14.4 Å². The highest BCUT2D eigenvalue weighted by atomic mass is 35.5. The number of benzene rings is 1. The van der Waals surface area contributed by atoms with Crippen LogP contribution in [0, 0.1) is 0 Å². The fraction of sp³-hybridized carbons (Fsp3) is 0.308. The maximum absolute atomic E-state index is 12.0. The number of hydrogen-bond acceptors (Lipinski definition) is 4. The highest BCUT2D eigenvalue weighted by molar-refractivity contribution is 8.01. The molecule has 1 aliphatic heterocycles. The fourth-order valence-corrected chi connectivity index (χ4v) is 3.03. The first-order valence-electron chi connectivity index (χ1n) is 6.24. The largest absolute Gasteiger partial charge is 0.358 e. The molecule has 0 saturated heterocycles. The summed E-state index contributed by atoms with van der Waals surface area (Å²) >= 11 is 7.18. The molecule has 0 fully saturated rings. The van der Waals surface area contributed by atoms with Crippen molar-refractivity contribution in [3.05, 3.63) is 23.2 Å². The van der Waals surface area contributed by atoms with E-state index in [0.29, 0.717) is 10.7 Å². The molecule has 3 amide bonds. The van der Waals surface area contributed by atoms with Gasteiger partial charge in [0.2, 0.25) is 17.7 Å². The predicted octanol–water partition coefficient (Wildman–Crippen LogP) is 1.01. The molecule has 1 aromatic carbocycles. The monoisotopic (exact) mass is 327 g/mol. The minimum Gasteiger partial charge on any atom is -0.358 e. The summed E-state index contributed by atoms with van der Waals surface area (Å²) in [6.07, 6.45) is 0.00948. The van der Waals surface area contributed by atoms with Gasteiger partial charge in [0.1, 0.15) is 0 Å². The Morgan fingerprint density at radius 3 is 2.86 bits per heavy atom. The number of carbonyl (C=O) groups is 3. The Kier molecular flexibility index (Phi) is 5.08. The topological polar surface area (TPSA) is 87.3 Å². The molecule has 2 rings (SSSR count). The van der Waals surface area contributed by atoms with E-state index in [1.807, 2.05) is 0 Å². The second-order valence-electron chi connectivity index (χ2n) is 4.39. The molecule has 1 heterocycles. The summed E-state index contributed by atoms with van der Waals surface area (Å²) in [7, 11) is 1.49. The van der Waals surface area contributed by atoms with Crippen molar-refractivity contribution < 1.29 is 14.4 Å². The first-order chi connectivity index (χ1) is 9.99. The summed E-state index contributed by atoms with van der Waals surface area (Å²) in [6.45, 7) is -0.0967. The molecule has 1 aromatic rings. The molecule has 0 saturated carbocycles. The second-order valence-corrected chi connectivity index (χ2v) is 6.07. The summed E-state index contributed by atoms with van der Waals surface area (Å²) in [4.78, 5) is 35.6. The lowest BCUT2D eigenvalue weighted by Gasteiger charge is -2.23. The number of thioether (sulfide) groups is 1. The maximum atomic E-state index is 12.0. The SMILES string of the molecule is CNC(=O)CNC(=O)C[C@@H]1Sc2ccc(Cl)cc2NC1=O. The van der Waals surface area contributed by atoms with Gasteiger partial charge in [0.05, 0.1) is 17.5 Å². The van der Waals surface area contributed by atoms with Crippen LogP contribution in [-0.4, -0.2) is 36.6 Å². The van der Waals surface area contributed by atoms with Crippen LogP contribution >= 0.6 is 23.4 Å². The van der Waals surface area contributed by atoms with Crippen molar-refractivity contribution in [3.63, 3.8) is 0 Å². The number of anilines is 1. The smallest absolute Gasteiger partial charge is 0.239 e. The van der Waals surface area contributed by atoms with E-state index in [1.165, 1.54) is 18.8 Å². The van der Waals surface area contributed by atoms with Crippen LogP contribution in [0.5, 0.6) is 0 Å². The number of hydrogen-bond donors (Lipinski definition) is 3. The van der Waals surface area contributed by atoms with E-state index >= 15 is 0 Å². The van der Waals surface area contributed by atoms with E-state index in [0.717, 1.165) is 4.90 Å². The number of likely N-dealkylation sites (N-methyl/N-ethyl adjacent to an activating group) is 1. The minimum atomic E-state index is -0.525. The number of fused-ring (bicyclic) bond motifs is 1. The number of nitrogens with one attached hydrogen (secondary N) is 3. The number of halogens is 1. The third-order valence-electron chi connectivity index (χ3n) is 2.86. The molecule has 21 heavy (non-hydrogen) atoms. The van der Waals surface area contributed by atoms with Crippen LogP contribution in [0.25, 0.3) is 0 Å². The second kappa shape index (κ2) is 6.82. The summed E-state index contributed by atoms with van der Waals surface area (Å²) in [6, 6.07) is 5.20. The van der Waals surface area contributed by atoms with Crippen molar-refractivity contribution in [2.24, 2.45) is 0 Å². The first-order valence-corrected chi connectivity index (χ1v) is 7.49. The number of carbonyl (C=O) groups excluding carboxylic acids is 3. The molecule has 3 N–H and O–H groups in total. The maximum Gasteiger partial charge on any atom is 0.239 e. The summed E-state index contributed by atoms with van der Waals surface area (Å²) in [5.74, 6) is -0.877. The Morgan fingerprint density at radius 1 is 1.38 bits per heavy atom. The Bertz CT molecular complexity index is 594. The number of rotatable bonds is 4. The predicted molar refractivity (Wildman–Crippen MR) is 81.4 cm³/mol. The van der Waals surface area contributed by atoms with Gasteiger partial charge in [0.25, 0.3) is 0 Å². The molecule has 0 aliphatic carbocycles. The molecule has 0 aromatic heterocycles. The van der Waals surface area contributed by atoms with Gasteiger partial charge in [-0.15, -0.1) is 11.8 Å². The average molecular weight is 328 g/mol. The lowest BCUT2D eigenvalue weighted by atomic mass is 10.2. The molecule has 112 valence electrons. The van der Waals surface area contributed by atoms with E-state index in [1.54, 1.807) is 18.2 Å². The van der Waals surface area contributed by atoms with Crippen molar-refractivity contribution in [2.75, 3.05) is 18.9 Å². The Balaban J connectivity index is 1.96. The Labute approximate surface area is 131 Å². The third kappa shape index (κ3) is 4.12. The quantitative estimate of drug-likeness (QED) is 0.770. The van der Waals surface area contributed by atoms with Crippen LogP contribution in [0.3, 0.4) is 0 Å². The lowest BCUT2D eigenvalue weighted by Crippen LogP contribution is -2.38. The van der Waals surface area contributed by atoms with Gasteiger partial charge < -0.3 is 16.0 Å². The molecule has 1 atom stereocenters. The summed E-state index contributed by atoms with van der Waals surface area (Å²) < 4.78 is 0. The highest BCUT2D eigenvalue weighted by Crippen LogP contribution is 2.38. The van der Waals surface area contributed by atoms with Crippen molar-refractivity contribution in [1.29, 1.82) is 0 Å². The zero-order chi connectivity index (χ0) is 15.4. The summed E-state index contributed by atoms with van der Waals surface area (Å²) in [5, 5.41) is 7.61. The van der Waals surface area contributed by atoms with Crippen LogP contribution < -0.4 is 16.0 Å². The lowest BCUT2D eigenvalue weighted by molar-refractivity contribution is -0.126. The summed E-state index contributed by atoms with van der Waals surface area (Å²) in [5.41, 5.74) is 0.652. The Morgan fingerprint density at radius 2 is 2.14 bits per heavy atom. The molecule has 0 radical (unpaired) electrons.